The lowest BCUT2D eigenvalue weighted by Crippen LogP contribution is -2.38. The van der Waals surface area contributed by atoms with Crippen molar-refractivity contribution >= 4 is 23.7 Å². The number of hydrogen-bond donors (Lipinski definition) is 0. The molecule has 0 radical (unpaired) electrons. The number of hydrogen-bond acceptors (Lipinski definition) is 5. The highest BCUT2D eigenvalue weighted by molar-refractivity contribution is 8.02. The second-order valence-corrected chi connectivity index (χ2v) is 12.7. The van der Waals surface area contributed by atoms with E-state index in [1.54, 1.807) is 0 Å². The fraction of sp³-hybridized carbons (Fsp3) is 0.923. The van der Waals surface area contributed by atoms with Crippen LogP contribution in [0.5, 0.6) is 0 Å². The maximum absolute atomic E-state index is 12.9. The molecule has 4 nitrogen and oxygen atoms in total. The van der Waals surface area contributed by atoms with Gasteiger partial charge in [0.1, 0.15) is 22.7 Å². The molecule has 1 aliphatic heterocycles. The zero-order chi connectivity index (χ0) is 22.7. The van der Waals surface area contributed by atoms with Crippen LogP contribution in [0.4, 0.5) is 0 Å². The van der Waals surface area contributed by atoms with Crippen molar-refractivity contribution in [3.05, 3.63) is 0 Å². The molecule has 0 N–H and O–H groups in total. The summed E-state index contributed by atoms with van der Waals surface area (Å²) in [5.41, 5.74) is 0. The molecule has 1 saturated heterocycles. The molecule has 0 aromatic carbocycles. The molecule has 2 saturated carbocycles. The van der Waals surface area contributed by atoms with Gasteiger partial charge in [0.05, 0.1) is 0 Å². The summed E-state index contributed by atoms with van der Waals surface area (Å²) in [6, 6.07) is 0. The monoisotopic (exact) mass is 452 g/mol. The molecule has 0 amide bonds. The van der Waals surface area contributed by atoms with Gasteiger partial charge in [-0.05, 0) is 74.0 Å². The van der Waals surface area contributed by atoms with Crippen molar-refractivity contribution in [3.8, 4) is 0 Å². The minimum absolute atomic E-state index is 0.0263. The molecule has 3 aliphatic rings. The Labute approximate surface area is 194 Å². The van der Waals surface area contributed by atoms with E-state index in [1.807, 2.05) is 0 Å². The van der Waals surface area contributed by atoms with Crippen molar-refractivity contribution in [3.63, 3.8) is 0 Å². The van der Waals surface area contributed by atoms with Crippen LogP contribution in [0.3, 0.4) is 0 Å². The number of ether oxygens (including phenoxy) is 2. The van der Waals surface area contributed by atoms with Crippen molar-refractivity contribution < 1.29 is 19.1 Å². The lowest BCUT2D eigenvalue weighted by Gasteiger charge is -2.37. The molecule has 2 aliphatic carbocycles. The third kappa shape index (κ3) is 6.42. The average Bonchev–Trinajstić information content (AvgIpc) is 3.18. The molecule has 8 atom stereocenters. The molecule has 0 aromatic heterocycles. The predicted molar refractivity (Wildman–Crippen MR) is 127 cm³/mol. The van der Waals surface area contributed by atoms with Gasteiger partial charge in [0.25, 0.3) is 0 Å². The molecule has 0 unspecified atom stereocenters. The summed E-state index contributed by atoms with van der Waals surface area (Å²) in [6.07, 6.45) is 8.14. The van der Waals surface area contributed by atoms with E-state index in [0.29, 0.717) is 48.3 Å². The summed E-state index contributed by atoms with van der Waals surface area (Å²) < 4.78 is 12.1. The Morgan fingerprint density at radius 1 is 0.677 bits per heavy atom. The zero-order valence-electron chi connectivity index (χ0n) is 20.5. The average molecular weight is 453 g/mol. The standard InChI is InChI=1S/C26H44O4S/c1-15(2)19-9-7-17(5)13-21(19)29-25(27)23-11-12-24(31-23)26(28)30-22-14-18(6)8-10-20(22)16(3)4/h15-24H,7-14H2,1-6H3/t17-,18-,19+,20+,21-,22-,23+,24+/m1/s1. The lowest BCUT2D eigenvalue weighted by atomic mass is 9.75. The van der Waals surface area contributed by atoms with Crippen molar-refractivity contribution in [2.24, 2.45) is 35.5 Å². The summed E-state index contributed by atoms with van der Waals surface area (Å²) in [5.74, 6) is 2.94. The molecular weight excluding hydrogens is 408 g/mol. The zero-order valence-corrected chi connectivity index (χ0v) is 21.3. The molecule has 31 heavy (non-hydrogen) atoms. The highest BCUT2D eigenvalue weighted by Crippen LogP contribution is 2.40. The van der Waals surface area contributed by atoms with Gasteiger partial charge in [-0.1, -0.05) is 54.4 Å². The third-order valence-electron chi connectivity index (χ3n) is 8.00. The van der Waals surface area contributed by atoms with E-state index in [0.717, 1.165) is 25.7 Å². The summed E-state index contributed by atoms with van der Waals surface area (Å²) in [6.45, 7) is 13.4. The second kappa shape index (κ2) is 10.9. The maximum Gasteiger partial charge on any atom is 0.319 e. The van der Waals surface area contributed by atoms with E-state index in [-0.39, 0.29) is 34.6 Å². The Morgan fingerprint density at radius 2 is 1.06 bits per heavy atom. The predicted octanol–water partition coefficient (Wildman–Crippen LogP) is 6.26. The van der Waals surface area contributed by atoms with E-state index in [9.17, 15) is 9.59 Å². The summed E-state index contributed by atoms with van der Waals surface area (Å²) in [4.78, 5) is 25.9. The topological polar surface area (TPSA) is 52.6 Å². The van der Waals surface area contributed by atoms with Gasteiger partial charge in [0, 0.05) is 0 Å². The molecule has 3 fully saturated rings. The SMILES string of the molecule is CC(C)[C@@H]1CC[C@@H](C)C[C@H]1OC(=O)[C@@H]1CC[C@@H](C(=O)O[C@@H]2C[C@H](C)CC[C@H]2C(C)C)S1. The van der Waals surface area contributed by atoms with Gasteiger partial charge < -0.3 is 9.47 Å². The van der Waals surface area contributed by atoms with Crippen LogP contribution in [-0.2, 0) is 19.1 Å². The molecule has 0 spiro atoms. The van der Waals surface area contributed by atoms with Crippen LogP contribution < -0.4 is 0 Å². The minimum atomic E-state index is -0.228. The van der Waals surface area contributed by atoms with E-state index >= 15 is 0 Å². The Bertz CT molecular complexity index is 567. The van der Waals surface area contributed by atoms with Gasteiger partial charge in [-0.25, -0.2) is 0 Å². The van der Waals surface area contributed by atoms with Gasteiger partial charge in [0.2, 0.25) is 0 Å². The number of esters is 2. The number of carbonyl (C=O) groups is 2. The minimum Gasteiger partial charge on any atom is -0.461 e. The van der Waals surface area contributed by atoms with E-state index in [2.05, 4.69) is 41.5 Å². The van der Waals surface area contributed by atoms with Crippen LogP contribution in [0, 0.1) is 35.5 Å². The largest absolute Gasteiger partial charge is 0.461 e. The molecular formula is C26H44O4S. The Balaban J connectivity index is 1.53. The smallest absolute Gasteiger partial charge is 0.319 e. The lowest BCUT2D eigenvalue weighted by molar-refractivity contribution is -0.156. The fourth-order valence-corrected chi connectivity index (χ4v) is 7.21. The first-order chi connectivity index (χ1) is 14.7. The number of thioether (sulfide) groups is 1. The van der Waals surface area contributed by atoms with E-state index < -0.39 is 0 Å². The summed E-state index contributed by atoms with van der Waals surface area (Å²) in [5, 5.41) is -0.456. The van der Waals surface area contributed by atoms with Crippen LogP contribution >= 0.6 is 11.8 Å². The van der Waals surface area contributed by atoms with E-state index in [4.69, 9.17) is 9.47 Å². The van der Waals surface area contributed by atoms with Crippen LogP contribution in [0.25, 0.3) is 0 Å². The number of carbonyl (C=O) groups excluding carboxylic acids is 2. The van der Waals surface area contributed by atoms with Gasteiger partial charge >= 0.3 is 11.9 Å². The first-order valence-electron chi connectivity index (χ1n) is 12.7. The highest BCUT2D eigenvalue weighted by Gasteiger charge is 2.41. The summed E-state index contributed by atoms with van der Waals surface area (Å²) >= 11 is 1.48. The molecule has 178 valence electrons. The fourth-order valence-electron chi connectivity index (χ4n) is 5.93. The summed E-state index contributed by atoms with van der Waals surface area (Å²) in [7, 11) is 0. The first-order valence-corrected chi connectivity index (χ1v) is 13.7. The van der Waals surface area contributed by atoms with Crippen LogP contribution in [-0.4, -0.2) is 34.6 Å². The highest BCUT2D eigenvalue weighted by atomic mass is 32.2. The first kappa shape index (κ1) is 24.9. The van der Waals surface area contributed by atoms with Crippen LogP contribution in [0.1, 0.15) is 92.9 Å². The van der Waals surface area contributed by atoms with Crippen molar-refractivity contribution in [2.45, 2.75) is 116 Å². The number of rotatable bonds is 6. The Hall–Kier alpha value is -0.710. The van der Waals surface area contributed by atoms with E-state index in [1.165, 1.54) is 24.6 Å². The van der Waals surface area contributed by atoms with Gasteiger partial charge in [-0.2, -0.15) is 0 Å². The van der Waals surface area contributed by atoms with Gasteiger partial charge in [-0.3, -0.25) is 9.59 Å². The van der Waals surface area contributed by atoms with Crippen molar-refractivity contribution in [1.82, 2.24) is 0 Å². The van der Waals surface area contributed by atoms with Gasteiger partial charge in [0.15, 0.2) is 0 Å². The Kier molecular flexibility index (Phi) is 8.80. The quantitative estimate of drug-likeness (QED) is 0.445. The third-order valence-corrected chi connectivity index (χ3v) is 9.52. The van der Waals surface area contributed by atoms with Crippen molar-refractivity contribution in [2.75, 3.05) is 0 Å². The maximum atomic E-state index is 12.9. The van der Waals surface area contributed by atoms with Crippen LogP contribution in [0.2, 0.25) is 0 Å². The molecule has 1 heterocycles. The van der Waals surface area contributed by atoms with Crippen LogP contribution in [0.15, 0.2) is 0 Å². The molecule has 5 heteroatoms. The Morgan fingerprint density at radius 3 is 1.42 bits per heavy atom. The van der Waals surface area contributed by atoms with Crippen molar-refractivity contribution in [1.29, 1.82) is 0 Å². The second-order valence-electron chi connectivity index (χ2n) is 11.3. The van der Waals surface area contributed by atoms with Gasteiger partial charge in [-0.15, -0.1) is 11.8 Å². The molecule has 0 bridgehead atoms. The normalized spacial score (nSPS) is 39.0. The molecule has 3 rings (SSSR count). The molecule has 0 aromatic rings.